The van der Waals surface area contributed by atoms with Crippen LogP contribution in [0.5, 0.6) is 0 Å². The highest BCUT2D eigenvalue weighted by Gasteiger charge is 2.04. The molecule has 0 N–H and O–H groups in total. The summed E-state index contributed by atoms with van der Waals surface area (Å²) in [5.41, 5.74) is 2.12. The van der Waals surface area contributed by atoms with Crippen LogP contribution in [-0.4, -0.2) is 9.55 Å². The predicted molar refractivity (Wildman–Crippen MR) is 61.8 cm³/mol. The number of nitrogens with zero attached hydrogens (tertiary/aromatic N) is 2. The summed E-state index contributed by atoms with van der Waals surface area (Å²) in [6.45, 7) is 4.77. The second-order valence-electron chi connectivity index (χ2n) is 3.90. The molecule has 1 aromatic carbocycles. The van der Waals surface area contributed by atoms with Crippen molar-refractivity contribution in [2.45, 2.75) is 26.8 Å². The SMILES string of the molecule is CCc1nccn1Cc1ccc(F)cc1C. The minimum Gasteiger partial charge on any atom is -0.331 e. The molecule has 0 bridgehead atoms. The second-order valence-corrected chi connectivity index (χ2v) is 3.90. The molecule has 0 aliphatic heterocycles. The van der Waals surface area contributed by atoms with Crippen molar-refractivity contribution in [1.82, 2.24) is 9.55 Å². The van der Waals surface area contributed by atoms with Crippen LogP contribution in [0.15, 0.2) is 30.6 Å². The van der Waals surface area contributed by atoms with E-state index in [0.717, 1.165) is 29.9 Å². The molecule has 0 fully saturated rings. The first kappa shape index (κ1) is 10.9. The smallest absolute Gasteiger partial charge is 0.123 e. The van der Waals surface area contributed by atoms with E-state index in [2.05, 4.69) is 16.5 Å². The van der Waals surface area contributed by atoms with Gasteiger partial charge in [-0.25, -0.2) is 9.37 Å². The van der Waals surface area contributed by atoms with Crippen LogP contribution in [0.1, 0.15) is 23.9 Å². The van der Waals surface area contributed by atoms with Crippen LogP contribution in [-0.2, 0) is 13.0 Å². The number of rotatable bonds is 3. The first-order valence-corrected chi connectivity index (χ1v) is 5.45. The van der Waals surface area contributed by atoms with Crippen molar-refractivity contribution in [3.63, 3.8) is 0 Å². The molecule has 0 aliphatic carbocycles. The second kappa shape index (κ2) is 4.47. The minimum atomic E-state index is -0.178. The maximum atomic E-state index is 13.0. The third-order valence-electron chi connectivity index (χ3n) is 2.76. The average molecular weight is 218 g/mol. The molecule has 2 rings (SSSR count). The average Bonchev–Trinajstić information content (AvgIpc) is 2.69. The third kappa shape index (κ3) is 2.13. The van der Waals surface area contributed by atoms with Crippen molar-refractivity contribution >= 4 is 0 Å². The Labute approximate surface area is 94.8 Å². The number of hydrogen-bond acceptors (Lipinski definition) is 1. The quantitative estimate of drug-likeness (QED) is 0.774. The molecule has 0 aliphatic rings. The van der Waals surface area contributed by atoms with Crippen LogP contribution in [0.3, 0.4) is 0 Å². The summed E-state index contributed by atoms with van der Waals surface area (Å²) in [6, 6.07) is 4.91. The monoisotopic (exact) mass is 218 g/mol. The topological polar surface area (TPSA) is 17.8 Å². The van der Waals surface area contributed by atoms with Crippen molar-refractivity contribution in [3.05, 3.63) is 53.4 Å². The summed E-state index contributed by atoms with van der Waals surface area (Å²) < 4.78 is 15.1. The van der Waals surface area contributed by atoms with Gasteiger partial charge in [-0.3, -0.25) is 0 Å². The van der Waals surface area contributed by atoms with Crippen molar-refractivity contribution in [2.75, 3.05) is 0 Å². The van der Waals surface area contributed by atoms with Crippen molar-refractivity contribution in [2.24, 2.45) is 0 Å². The largest absolute Gasteiger partial charge is 0.331 e. The van der Waals surface area contributed by atoms with Crippen LogP contribution >= 0.6 is 0 Å². The lowest BCUT2D eigenvalue weighted by molar-refractivity contribution is 0.624. The van der Waals surface area contributed by atoms with Gasteiger partial charge in [0.2, 0.25) is 0 Å². The Kier molecular flexibility index (Phi) is 3.04. The summed E-state index contributed by atoms with van der Waals surface area (Å²) in [7, 11) is 0. The number of imidazole rings is 1. The Morgan fingerprint density at radius 1 is 1.38 bits per heavy atom. The number of benzene rings is 1. The van der Waals surface area contributed by atoms with Crippen LogP contribution in [0.4, 0.5) is 4.39 Å². The lowest BCUT2D eigenvalue weighted by Gasteiger charge is -2.09. The van der Waals surface area contributed by atoms with E-state index in [1.165, 1.54) is 6.07 Å². The minimum absolute atomic E-state index is 0.178. The molecule has 2 aromatic rings. The van der Waals surface area contributed by atoms with E-state index in [1.807, 2.05) is 19.2 Å². The lowest BCUT2D eigenvalue weighted by Crippen LogP contribution is -2.04. The molecule has 0 saturated carbocycles. The van der Waals surface area contributed by atoms with Gasteiger partial charge < -0.3 is 4.57 Å². The molecule has 0 radical (unpaired) electrons. The molecule has 3 heteroatoms. The molecule has 1 heterocycles. The summed E-state index contributed by atoms with van der Waals surface area (Å²) in [6.07, 6.45) is 4.67. The molecule has 0 spiro atoms. The van der Waals surface area contributed by atoms with E-state index in [0.29, 0.717) is 0 Å². The maximum Gasteiger partial charge on any atom is 0.123 e. The predicted octanol–water partition coefficient (Wildman–Crippen LogP) is 2.94. The van der Waals surface area contributed by atoms with E-state index in [-0.39, 0.29) is 5.82 Å². The molecular weight excluding hydrogens is 203 g/mol. The number of halogens is 1. The fourth-order valence-corrected chi connectivity index (χ4v) is 1.82. The van der Waals surface area contributed by atoms with Gasteiger partial charge in [0.25, 0.3) is 0 Å². The fraction of sp³-hybridized carbons (Fsp3) is 0.308. The van der Waals surface area contributed by atoms with Crippen LogP contribution in [0, 0.1) is 12.7 Å². The van der Waals surface area contributed by atoms with E-state index in [4.69, 9.17) is 0 Å². The summed E-state index contributed by atoms with van der Waals surface area (Å²) in [4.78, 5) is 4.27. The fourth-order valence-electron chi connectivity index (χ4n) is 1.82. The lowest BCUT2D eigenvalue weighted by atomic mass is 10.1. The highest BCUT2D eigenvalue weighted by atomic mass is 19.1. The van der Waals surface area contributed by atoms with Gasteiger partial charge in [0.05, 0.1) is 0 Å². The molecule has 1 aromatic heterocycles. The molecule has 2 nitrogen and oxygen atoms in total. The van der Waals surface area contributed by atoms with E-state index in [9.17, 15) is 4.39 Å². The van der Waals surface area contributed by atoms with Crippen molar-refractivity contribution in [1.29, 1.82) is 0 Å². The Balaban J connectivity index is 2.27. The molecule has 16 heavy (non-hydrogen) atoms. The number of hydrogen-bond donors (Lipinski definition) is 0. The first-order valence-electron chi connectivity index (χ1n) is 5.45. The molecule has 0 unspecified atom stereocenters. The molecule has 84 valence electrons. The zero-order valence-corrected chi connectivity index (χ0v) is 9.57. The standard InChI is InChI=1S/C13H15FN2/c1-3-13-15-6-7-16(13)9-11-4-5-12(14)8-10(11)2/h4-8H,3,9H2,1-2H3. The van der Waals surface area contributed by atoms with E-state index >= 15 is 0 Å². The Morgan fingerprint density at radius 3 is 2.88 bits per heavy atom. The first-order chi connectivity index (χ1) is 7.70. The van der Waals surface area contributed by atoms with Crippen LogP contribution in [0.25, 0.3) is 0 Å². The molecule has 0 atom stereocenters. The van der Waals surface area contributed by atoms with Crippen molar-refractivity contribution < 1.29 is 4.39 Å². The zero-order chi connectivity index (χ0) is 11.5. The van der Waals surface area contributed by atoms with E-state index < -0.39 is 0 Å². The summed E-state index contributed by atoms with van der Waals surface area (Å²) in [5.74, 6) is 0.881. The third-order valence-corrected chi connectivity index (χ3v) is 2.76. The van der Waals surface area contributed by atoms with Gasteiger partial charge >= 0.3 is 0 Å². The molecular formula is C13H15FN2. The van der Waals surface area contributed by atoms with Gasteiger partial charge in [0.15, 0.2) is 0 Å². The van der Waals surface area contributed by atoms with Crippen LogP contribution < -0.4 is 0 Å². The number of aryl methyl sites for hydroxylation is 2. The molecule has 0 amide bonds. The normalized spacial score (nSPS) is 10.7. The zero-order valence-electron chi connectivity index (χ0n) is 9.57. The van der Waals surface area contributed by atoms with E-state index in [1.54, 1.807) is 12.3 Å². The van der Waals surface area contributed by atoms with Gasteiger partial charge in [-0.1, -0.05) is 13.0 Å². The maximum absolute atomic E-state index is 13.0. The van der Waals surface area contributed by atoms with Gasteiger partial charge in [0, 0.05) is 25.4 Å². The van der Waals surface area contributed by atoms with Crippen LogP contribution in [0.2, 0.25) is 0 Å². The highest BCUT2D eigenvalue weighted by molar-refractivity contribution is 5.27. The number of aromatic nitrogens is 2. The van der Waals surface area contributed by atoms with Gasteiger partial charge in [-0.2, -0.15) is 0 Å². The van der Waals surface area contributed by atoms with Gasteiger partial charge in [0.1, 0.15) is 11.6 Å². The summed E-state index contributed by atoms with van der Waals surface area (Å²) >= 11 is 0. The Morgan fingerprint density at radius 2 is 2.19 bits per heavy atom. The van der Waals surface area contributed by atoms with Gasteiger partial charge in [-0.15, -0.1) is 0 Å². The highest BCUT2D eigenvalue weighted by Crippen LogP contribution is 2.12. The van der Waals surface area contributed by atoms with Crippen molar-refractivity contribution in [3.8, 4) is 0 Å². The molecule has 0 saturated heterocycles. The Hall–Kier alpha value is -1.64. The Bertz CT molecular complexity index is 488. The summed E-state index contributed by atoms with van der Waals surface area (Å²) in [5, 5.41) is 0. The van der Waals surface area contributed by atoms with Gasteiger partial charge in [-0.05, 0) is 30.2 Å².